The summed E-state index contributed by atoms with van der Waals surface area (Å²) in [6.07, 6.45) is 0.0781. The molecule has 3 aromatic carbocycles. The predicted octanol–water partition coefficient (Wildman–Crippen LogP) is 2.71. The predicted molar refractivity (Wildman–Crippen MR) is 92.7 cm³/mol. The lowest BCUT2D eigenvalue weighted by Gasteiger charge is -2.15. The Morgan fingerprint density at radius 2 is 1.40 bits per heavy atom. The Bertz CT molecular complexity index is 986. The molecule has 4 rings (SSSR count). The summed E-state index contributed by atoms with van der Waals surface area (Å²) in [6, 6.07) is 20.0. The van der Waals surface area contributed by atoms with E-state index in [1.54, 1.807) is 24.3 Å². The summed E-state index contributed by atoms with van der Waals surface area (Å²) in [5.41, 5.74) is 3.88. The molecular formula is C20H14N2O3. The van der Waals surface area contributed by atoms with Gasteiger partial charge in [0, 0.05) is 0 Å². The maximum Gasteiger partial charge on any atom is 0.280 e. The Balaban J connectivity index is 1.55. The molecule has 0 fully saturated rings. The first-order valence-electron chi connectivity index (χ1n) is 7.89. The molecule has 1 N–H and O–H groups in total. The Labute approximate surface area is 143 Å². The van der Waals surface area contributed by atoms with Crippen molar-refractivity contribution in [3.63, 3.8) is 0 Å². The minimum Gasteiger partial charge on any atom is -0.273 e. The number of amides is 3. The molecule has 0 unspecified atom stereocenters. The van der Waals surface area contributed by atoms with Gasteiger partial charge in [-0.2, -0.15) is 5.01 Å². The van der Waals surface area contributed by atoms with Gasteiger partial charge in [-0.1, -0.05) is 54.6 Å². The van der Waals surface area contributed by atoms with Crippen molar-refractivity contribution in [2.45, 2.75) is 6.42 Å². The van der Waals surface area contributed by atoms with Crippen LogP contribution < -0.4 is 5.43 Å². The zero-order valence-electron chi connectivity index (χ0n) is 13.2. The highest BCUT2D eigenvalue weighted by Crippen LogP contribution is 2.22. The number of nitrogens with one attached hydrogen (secondary N) is 1. The van der Waals surface area contributed by atoms with Crippen molar-refractivity contribution in [2.75, 3.05) is 0 Å². The second kappa shape index (κ2) is 5.87. The molecule has 0 radical (unpaired) electrons. The zero-order valence-corrected chi connectivity index (χ0v) is 13.2. The minimum absolute atomic E-state index is 0.0781. The van der Waals surface area contributed by atoms with E-state index in [1.165, 1.54) is 0 Å². The number of hydrazine groups is 1. The molecule has 0 saturated heterocycles. The summed E-state index contributed by atoms with van der Waals surface area (Å²) in [7, 11) is 0. The molecule has 0 atom stereocenters. The summed E-state index contributed by atoms with van der Waals surface area (Å²) < 4.78 is 0. The molecule has 5 heteroatoms. The van der Waals surface area contributed by atoms with E-state index in [2.05, 4.69) is 5.43 Å². The first kappa shape index (κ1) is 15.1. The molecule has 3 aromatic rings. The van der Waals surface area contributed by atoms with Gasteiger partial charge >= 0.3 is 0 Å². The van der Waals surface area contributed by atoms with Crippen LogP contribution in [-0.4, -0.2) is 22.7 Å². The third kappa shape index (κ3) is 2.55. The number of carbonyl (C=O) groups excluding carboxylic acids is 3. The number of hydrogen-bond donors (Lipinski definition) is 1. The van der Waals surface area contributed by atoms with Crippen LogP contribution >= 0.6 is 0 Å². The molecule has 0 saturated carbocycles. The highest BCUT2D eigenvalue weighted by atomic mass is 16.2. The van der Waals surface area contributed by atoms with Gasteiger partial charge in [0.2, 0.25) is 5.91 Å². The number of nitrogens with zero attached hydrogens (tertiary/aromatic N) is 1. The first-order valence-corrected chi connectivity index (χ1v) is 7.89. The maximum absolute atomic E-state index is 12.4. The topological polar surface area (TPSA) is 66.5 Å². The van der Waals surface area contributed by atoms with Gasteiger partial charge in [0.25, 0.3) is 11.8 Å². The van der Waals surface area contributed by atoms with Gasteiger partial charge in [0.15, 0.2) is 0 Å². The second-order valence-corrected chi connectivity index (χ2v) is 5.84. The van der Waals surface area contributed by atoms with Crippen molar-refractivity contribution in [1.82, 2.24) is 10.4 Å². The molecule has 1 aliphatic heterocycles. The summed E-state index contributed by atoms with van der Waals surface area (Å²) in [5, 5.41) is 2.80. The van der Waals surface area contributed by atoms with E-state index in [9.17, 15) is 14.4 Å². The number of fused-ring (bicyclic) bond motifs is 2. The van der Waals surface area contributed by atoms with Gasteiger partial charge in [-0.15, -0.1) is 0 Å². The lowest BCUT2D eigenvalue weighted by Crippen LogP contribution is -2.46. The molecule has 0 aliphatic carbocycles. The van der Waals surface area contributed by atoms with E-state index in [1.807, 2.05) is 42.5 Å². The lowest BCUT2D eigenvalue weighted by molar-refractivity contribution is -0.123. The highest BCUT2D eigenvalue weighted by molar-refractivity contribution is 6.21. The first-order chi connectivity index (χ1) is 12.1. The SMILES string of the molecule is O=C(Cc1cccc2ccccc12)NN1C(=O)c2ccccc2C1=O. The Kier molecular flexibility index (Phi) is 3.54. The van der Waals surface area contributed by atoms with E-state index < -0.39 is 17.7 Å². The Morgan fingerprint density at radius 3 is 2.12 bits per heavy atom. The summed E-state index contributed by atoms with van der Waals surface area (Å²) >= 11 is 0. The Hall–Kier alpha value is -3.47. The van der Waals surface area contributed by atoms with Crippen LogP contribution in [0.1, 0.15) is 26.3 Å². The van der Waals surface area contributed by atoms with Crippen molar-refractivity contribution >= 4 is 28.5 Å². The zero-order chi connectivity index (χ0) is 17.4. The van der Waals surface area contributed by atoms with Crippen LogP contribution in [0.15, 0.2) is 66.7 Å². The second-order valence-electron chi connectivity index (χ2n) is 5.84. The van der Waals surface area contributed by atoms with Crippen LogP contribution in [0.3, 0.4) is 0 Å². The van der Waals surface area contributed by atoms with E-state index in [0.717, 1.165) is 21.3 Å². The van der Waals surface area contributed by atoms with Gasteiger partial charge in [-0.3, -0.25) is 19.8 Å². The van der Waals surface area contributed by atoms with Crippen LogP contribution in [0.4, 0.5) is 0 Å². The molecule has 0 spiro atoms. The number of benzene rings is 3. The molecule has 0 bridgehead atoms. The fourth-order valence-corrected chi connectivity index (χ4v) is 3.07. The largest absolute Gasteiger partial charge is 0.280 e. The highest BCUT2D eigenvalue weighted by Gasteiger charge is 2.36. The van der Waals surface area contributed by atoms with E-state index in [4.69, 9.17) is 0 Å². The van der Waals surface area contributed by atoms with Crippen molar-refractivity contribution in [3.05, 3.63) is 83.4 Å². The molecule has 122 valence electrons. The van der Waals surface area contributed by atoms with Gasteiger partial charge in [0.1, 0.15) is 0 Å². The third-order valence-corrected chi connectivity index (χ3v) is 4.26. The molecule has 25 heavy (non-hydrogen) atoms. The molecular weight excluding hydrogens is 316 g/mol. The normalized spacial score (nSPS) is 13.2. The van der Waals surface area contributed by atoms with E-state index >= 15 is 0 Å². The smallest absolute Gasteiger partial charge is 0.273 e. The van der Waals surface area contributed by atoms with Crippen LogP contribution in [0.25, 0.3) is 10.8 Å². The molecule has 3 amide bonds. The average Bonchev–Trinajstić information content (AvgIpc) is 2.87. The summed E-state index contributed by atoms with van der Waals surface area (Å²) in [6.45, 7) is 0. The van der Waals surface area contributed by atoms with Gasteiger partial charge in [-0.25, -0.2) is 0 Å². The standard InChI is InChI=1S/C20H14N2O3/c23-18(12-14-8-5-7-13-6-1-2-9-15(13)14)21-22-19(24)16-10-3-4-11-17(16)20(22)25/h1-11H,12H2,(H,21,23). The maximum atomic E-state index is 12.4. The summed E-state index contributed by atoms with van der Waals surface area (Å²) in [5.74, 6) is -1.43. The van der Waals surface area contributed by atoms with E-state index in [-0.39, 0.29) is 6.42 Å². The van der Waals surface area contributed by atoms with Gasteiger partial charge < -0.3 is 0 Å². The van der Waals surface area contributed by atoms with Crippen molar-refractivity contribution in [3.8, 4) is 0 Å². The van der Waals surface area contributed by atoms with Crippen molar-refractivity contribution in [1.29, 1.82) is 0 Å². The fourth-order valence-electron chi connectivity index (χ4n) is 3.07. The van der Waals surface area contributed by atoms with Crippen LogP contribution in [0.2, 0.25) is 0 Å². The van der Waals surface area contributed by atoms with Crippen molar-refractivity contribution < 1.29 is 14.4 Å². The number of carbonyl (C=O) groups is 3. The minimum atomic E-state index is -0.508. The molecule has 1 heterocycles. The monoisotopic (exact) mass is 330 g/mol. The average molecular weight is 330 g/mol. The van der Waals surface area contributed by atoms with Crippen molar-refractivity contribution in [2.24, 2.45) is 0 Å². The number of hydrogen-bond acceptors (Lipinski definition) is 3. The molecule has 1 aliphatic rings. The van der Waals surface area contributed by atoms with Crippen LogP contribution in [0.5, 0.6) is 0 Å². The Morgan fingerprint density at radius 1 is 0.800 bits per heavy atom. The van der Waals surface area contributed by atoms with Gasteiger partial charge in [-0.05, 0) is 28.5 Å². The fraction of sp³-hybridized carbons (Fsp3) is 0.0500. The third-order valence-electron chi connectivity index (χ3n) is 4.26. The molecule has 5 nitrogen and oxygen atoms in total. The lowest BCUT2D eigenvalue weighted by atomic mass is 10.0. The molecule has 0 aromatic heterocycles. The van der Waals surface area contributed by atoms with E-state index in [0.29, 0.717) is 11.1 Å². The quantitative estimate of drug-likeness (QED) is 0.751. The van der Waals surface area contributed by atoms with Gasteiger partial charge in [0.05, 0.1) is 17.5 Å². The van der Waals surface area contributed by atoms with Crippen LogP contribution in [0, 0.1) is 0 Å². The van der Waals surface area contributed by atoms with Crippen LogP contribution in [-0.2, 0) is 11.2 Å². The number of imide groups is 1. The number of rotatable bonds is 3. The summed E-state index contributed by atoms with van der Waals surface area (Å²) in [4.78, 5) is 37.0.